The number of hydrogen-bond acceptors (Lipinski definition) is 4. The maximum Gasteiger partial charge on any atom is 0.336 e. The van der Waals surface area contributed by atoms with E-state index in [1.807, 2.05) is 0 Å². The molecular weight excluding hydrogens is 351 g/mol. The molecule has 27 heavy (non-hydrogen) atoms. The Balaban J connectivity index is 1.92. The second-order valence-electron chi connectivity index (χ2n) is 5.58. The molecule has 136 valence electrons. The number of amides is 4. The highest BCUT2D eigenvalue weighted by molar-refractivity contribution is 6.39. The quantitative estimate of drug-likeness (QED) is 0.501. The summed E-state index contributed by atoms with van der Waals surface area (Å²) in [6, 6.07) is 11.0. The average Bonchev–Trinajstić information content (AvgIpc) is 2.66. The van der Waals surface area contributed by atoms with Crippen molar-refractivity contribution in [1.29, 1.82) is 0 Å². The number of nitrogens with one attached hydrogen (secondary N) is 1. The number of barbiturate groups is 1. The van der Waals surface area contributed by atoms with Crippen LogP contribution in [0.3, 0.4) is 0 Å². The Hall–Kier alpha value is -3.74. The number of para-hydroxylation sites is 1. The van der Waals surface area contributed by atoms with Gasteiger partial charge in [0.1, 0.15) is 23.7 Å². The standard InChI is InChI=1S/C20H15FN2O4/c1-2-11-27-14-9-7-13(8-10-14)12-15-18(24)22-20(26)23(19(15)25)17-6-4-3-5-16(17)21/h2-10,12H,1,11H2,(H,22,24,26). The Kier molecular flexibility index (Phi) is 5.12. The second-order valence-corrected chi connectivity index (χ2v) is 5.58. The molecule has 0 atom stereocenters. The van der Waals surface area contributed by atoms with Crippen LogP contribution in [0.15, 0.2) is 66.8 Å². The molecule has 2 aromatic rings. The fourth-order valence-corrected chi connectivity index (χ4v) is 2.49. The first kappa shape index (κ1) is 18.1. The third kappa shape index (κ3) is 3.77. The van der Waals surface area contributed by atoms with Crippen LogP contribution in [-0.2, 0) is 9.59 Å². The van der Waals surface area contributed by atoms with E-state index < -0.39 is 23.7 Å². The molecule has 0 aliphatic carbocycles. The first-order valence-corrected chi connectivity index (χ1v) is 8.01. The Morgan fingerprint density at radius 3 is 2.44 bits per heavy atom. The van der Waals surface area contributed by atoms with Crippen LogP contribution in [0.1, 0.15) is 5.56 Å². The summed E-state index contributed by atoms with van der Waals surface area (Å²) in [5, 5.41) is 2.05. The van der Waals surface area contributed by atoms with Gasteiger partial charge in [-0.05, 0) is 35.9 Å². The van der Waals surface area contributed by atoms with E-state index in [4.69, 9.17) is 4.74 Å². The lowest BCUT2D eigenvalue weighted by molar-refractivity contribution is -0.122. The molecule has 1 saturated heterocycles. The molecule has 0 radical (unpaired) electrons. The van der Waals surface area contributed by atoms with E-state index >= 15 is 0 Å². The lowest BCUT2D eigenvalue weighted by Crippen LogP contribution is -2.54. The lowest BCUT2D eigenvalue weighted by atomic mass is 10.1. The number of nitrogens with zero attached hydrogens (tertiary/aromatic N) is 1. The summed E-state index contributed by atoms with van der Waals surface area (Å²) >= 11 is 0. The fraction of sp³-hybridized carbons (Fsp3) is 0.0500. The van der Waals surface area contributed by atoms with Crippen LogP contribution in [0.2, 0.25) is 0 Å². The molecule has 0 aromatic heterocycles. The summed E-state index contributed by atoms with van der Waals surface area (Å²) in [6.07, 6.45) is 2.93. The minimum absolute atomic E-state index is 0.230. The van der Waals surface area contributed by atoms with Gasteiger partial charge >= 0.3 is 6.03 Å². The third-order valence-corrected chi connectivity index (χ3v) is 3.75. The van der Waals surface area contributed by atoms with Crippen molar-refractivity contribution >= 4 is 29.6 Å². The monoisotopic (exact) mass is 366 g/mol. The fourth-order valence-electron chi connectivity index (χ4n) is 2.49. The largest absolute Gasteiger partial charge is 0.490 e. The molecule has 3 rings (SSSR count). The minimum atomic E-state index is -1.000. The number of ether oxygens (including phenoxy) is 1. The molecule has 7 heteroatoms. The molecule has 0 saturated carbocycles. The Labute approximate surface area is 154 Å². The number of carbonyl (C=O) groups is 3. The van der Waals surface area contributed by atoms with Crippen LogP contribution in [0.25, 0.3) is 6.08 Å². The SMILES string of the molecule is C=CCOc1ccc(C=C2C(=O)NC(=O)N(c3ccccc3F)C2=O)cc1. The van der Waals surface area contributed by atoms with E-state index in [2.05, 4.69) is 11.9 Å². The second kappa shape index (κ2) is 7.65. The van der Waals surface area contributed by atoms with E-state index in [1.54, 1.807) is 30.3 Å². The molecule has 2 aromatic carbocycles. The molecule has 0 bridgehead atoms. The predicted molar refractivity (Wildman–Crippen MR) is 97.5 cm³/mol. The number of carbonyl (C=O) groups excluding carboxylic acids is 3. The number of anilines is 1. The van der Waals surface area contributed by atoms with E-state index in [0.29, 0.717) is 22.8 Å². The van der Waals surface area contributed by atoms with E-state index in [9.17, 15) is 18.8 Å². The molecule has 1 heterocycles. The summed E-state index contributed by atoms with van der Waals surface area (Å²) in [4.78, 5) is 37.5. The molecule has 0 unspecified atom stereocenters. The van der Waals surface area contributed by atoms with Crippen molar-refractivity contribution in [2.24, 2.45) is 0 Å². The summed E-state index contributed by atoms with van der Waals surface area (Å²) in [5.74, 6) is -1.90. The Morgan fingerprint density at radius 2 is 1.78 bits per heavy atom. The van der Waals surface area contributed by atoms with Gasteiger partial charge in [0.2, 0.25) is 0 Å². The summed E-state index contributed by atoms with van der Waals surface area (Å²) in [5.41, 5.74) is 0.0338. The van der Waals surface area contributed by atoms with Gasteiger partial charge in [0.25, 0.3) is 11.8 Å². The first-order valence-electron chi connectivity index (χ1n) is 8.01. The molecule has 1 aliphatic rings. The van der Waals surface area contributed by atoms with Crippen LogP contribution < -0.4 is 15.0 Å². The van der Waals surface area contributed by atoms with Gasteiger partial charge in [-0.2, -0.15) is 0 Å². The number of benzene rings is 2. The predicted octanol–water partition coefficient (Wildman–Crippen LogP) is 3.06. The van der Waals surface area contributed by atoms with Crippen LogP contribution in [0.4, 0.5) is 14.9 Å². The first-order chi connectivity index (χ1) is 13.0. The number of halogens is 1. The number of rotatable bonds is 5. The Morgan fingerprint density at radius 1 is 1.07 bits per heavy atom. The topological polar surface area (TPSA) is 75.7 Å². The van der Waals surface area contributed by atoms with Gasteiger partial charge in [0.05, 0.1) is 5.69 Å². The zero-order valence-corrected chi connectivity index (χ0v) is 14.1. The molecule has 0 spiro atoms. The smallest absolute Gasteiger partial charge is 0.336 e. The van der Waals surface area contributed by atoms with Crippen molar-refractivity contribution in [3.05, 3.63) is 78.1 Å². The van der Waals surface area contributed by atoms with Crippen molar-refractivity contribution in [3.63, 3.8) is 0 Å². The number of urea groups is 1. The molecule has 1 N–H and O–H groups in total. The van der Waals surface area contributed by atoms with Gasteiger partial charge in [0.15, 0.2) is 0 Å². The molecular formula is C20H15FN2O4. The third-order valence-electron chi connectivity index (χ3n) is 3.75. The highest BCUT2D eigenvalue weighted by Gasteiger charge is 2.37. The van der Waals surface area contributed by atoms with Gasteiger partial charge in [-0.15, -0.1) is 0 Å². The van der Waals surface area contributed by atoms with Crippen molar-refractivity contribution in [3.8, 4) is 5.75 Å². The van der Waals surface area contributed by atoms with Crippen LogP contribution >= 0.6 is 0 Å². The summed E-state index contributed by atoms with van der Waals surface area (Å²) < 4.78 is 19.4. The lowest BCUT2D eigenvalue weighted by Gasteiger charge is -2.26. The highest BCUT2D eigenvalue weighted by atomic mass is 19.1. The van der Waals surface area contributed by atoms with Crippen LogP contribution in [0.5, 0.6) is 5.75 Å². The number of imide groups is 2. The van der Waals surface area contributed by atoms with Gasteiger partial charge in [-0.3, -0.25) is 14.9 Å². The van der Waals surface area contributed by atoms with Crippen molar-refractivity contribution in [2.75, 3.05) is 11.5 Å². The van der Waals surface area contributed by atoms with E-state index in [1.165, 1.54) is 24.3 Å². The van der Waals surface area contributed by atoms with Crippen molar-refractivity contribution < 1.29 is 23.5 Å². The van der Waals surface area contributed by atoms with Gasteiger partial charge in [0, 0.05) is 0 Å². The molecule has 1 fully saturated rings. The zero-order chi connectivity index (χ0) is 19.4. The minimum Gasteiger partial charge on any atom is -0.490 e. The average molecular weight is 366 g/mol. The Bertz CT molecular complexity index is 951. The normalized spacial score (nSPS) is 15.7. The maximum absolute atomic E-state index is 14.0. The van der Waals surface area contributed by atoms with E-state index in [-0.39, 0.29) is 11.3 Å². The van der Waals surface area contributed by atoms with Gasteiger partial charge < -0.3 is 4.74 Å². The zero-order valence-electron chi connectivity index (χ0n) is 14.1. The van der Waals surface area contributed by atoms with Crippen molar-refractivity contribution in [1.82, 2.24) is 5.32 Å². The summed E-state index contributed by atoms with van der Waals surface area (Å²) in [7, 11) is 0. The molecule has 1 aliphatic heterocycles. The summed E-state index contributed by atoms with van der Waals surface area (Å²) in [6.45, 7) is 3.90. The highest BCUT2D eigenvalue weighted by Crippen LogP contribution is 2.24. The van der Waals surface area contributed by atoms with Gasteiger partial charge in [-0.25, -0.2) is 14.1 Å². The van der Waals surface area contributed by atoms with Gasteiger partial charge in [-0.1, -0.05) is 36.9 Å². The van der Waals surface area contributed by atoms with E-state index in [0.717, 1.165) is 6.07 Å². The van der Waals surface area contributed by atoms with Crippen LogP contribution in [-0.4, -0.2) is 24.5 Å². The van der Waals surface area contributed by atoms with Crippen LogP contribution in [0, 0.1) is 5.82 Å². The number of hydrogen-bond donors (Lipinski definition) is 1. The molecule has 6 nitrogen and oxygen atoms in total. The van der Waals surface area contributed by atoms with Crippen molar-refractivity contribution in [2.45, 2.75) is 0 Å². The maximum atomic E-state index is 14.0. The molecule has 4 amide bonds.